The maximum Gasteiger partial charge on any atom is 0.189 e. The average Bonchev–Trinajstić information content (AvgIpc) is 2.97. The molecule has 1 heterocycles. The number of halogens is 1. The van der Waals surface area contributed by atoms with Gasteiger partial charge in [-0.15, -0.1) is 0 Å². The fourth-order valence-corrected chi connectivity index (χ4v) is 2.68. The second-order valence-electron chi connectivity index (χ2n) is 4.77. The highest BCUT2D eigenvalue weighted by Crippen LogP contribution is 2.30. The van der Waals surface area contributed by atoms with E-state index in [1.165, 1.54) is 0 Å². The van der Waals surface area contributed by atoms with Crippen LogP contribution in [0.25, 0.3) is 0 Å². The summed E-state index contributed by atoms with van der Waals surface area (Å²) in [5, 5.41) is 8.24. The van der Waals surface area contributed by atoms with Crippen LogP contribution >= 0.6 is 15.9 Å². The second kappa shape index (κ2) is 5.67. The summed E-state index contributed by atoms with van der Waals surface area (Å²) < 4.78 is 0.960. The molecular formula is C16H13BrN2O. The van der Waals surface area contributed by atoms with Crippen LogP contribution in [0.1, 0.15) is 21.8 Å². The molecular weight excluding hydrogens is 316 g/mol. The fourth-order valence-electron chi connectivity index (χ4n) is 2.41. The van der Waals surface area contributed by atoms with Gasteiger partial charge in [0.05, 0.1) is 6.54 Å². The van der Waals surface area contributed by atoms with E-state index in [0.29, 0.717) is 12.1 Å². The van der Waals surface area contributed by atoms with Gasteiger partial charge >= 0.3 is 0 Å². The highest BCUT2D eigenvalue weighted by atomic mass is 79.9. The van der Waals surface area contributed by atoms with Crippen molar-refractivity contribution in [3.05, 3.63) is 70.2 Å². The van der Waals surface area contributed by atoms with E-state index in [-0.39, 0.29) is 11.7 Å². The molecule has 2 unspecified atom stereocenters. The first-order valence-corrected chi connectivity index (χ1v) is 7.26. The molecule has 100 valence electrons. The Bertz CT molecular complexity index is 637. The summed E-state index contributed by atoms with van der Waals surface area (Å²) in [6.07, 6.45) is 0. The fraction of sp³-hybridized carbons (Fsp3) is 0.188. The van der Waals surface area contributed by atoms with Crippen LogP contribution in [0.5, 0.6) is 0 Å². The predicted octanol–water partition coefficient (Wildman–Crippen LogP) is 4.25. The molecule has 20 heavy (non-hydrogen) atoms. The molecule has 0 aromatic heterocycles. The minimum absolute atomic E-state index is 0.0348. The molecule has 2 aromatic rings. The van der Waals surface area contributed by atoms with Gasteiger partial charge in [-0.25, -0.2) is 0 Å². The summed E-state index contributed by atoms with van der Waals surface area (Å²) in [4.78, 5) is 12.6. The number of benzene rings is 2. The van der Waals surface area contributed by atoms with Gasteiger partial charge in [-0.3, -0.25) is 4.79 Å². The van der Waals surface area contributed by atoms with E-state index in [1.807, 2.05) is 54.6 Å². The maximum absolute atomic E-state index is 12.6. The second-order valence-corrected chi connectivity index (χ2v) is 5.69. The van der Waals surface area contributed by atoms with Crippen LogP contribution in [0, 0.1) is 0 Å². The van der Waals surface area contributed by atoms with Crippen LogP contribution in [0.15, 0.2) is 69.3 Å². The van der Waals surface area contributed by atoms with Crippen molar-refractivity contribution >= 4 is 21.7 Å². The molecule has 0 bridgehead atoms. The number of hydrogen-bond acceptors (Lipinski definition) is 3. The lowest BCUT2D eigenvalue weighted by Crippen LogP contribution is -2.24. The molecule has 0 saturated carbocycles. The zero-order chi connectivity index (χ0) is 13.9. The van der Waals surface area contributed by atoms with Gasteiger partial charge in [0.1, 0.15) is 6.04 Å². The Morgan fingerprint density at radius 3 is 2.45 bits per heavy atom. The van der Waals surface area contributed by atoms with Gasteiger partial charge in [-0.1, -0.05) is 58.4 Å². The zero-order valence-electron chi connectivity index (χ0n) is 10.7. The number of ketones is 1. The molecule has 3 rings (SSSR count). The topological polar surface area (TPSA) is 41.8 Å². The molecule has 4 heteroatoms. The van der Waals surface area contributed by atoms with E-state index in [4.69, 9.17) is 0 Å². The Balaban J connectivity index is 1.87. The SMILES string of the molecule is O=C(c1ccc(Br)cc1)C1N=NCC1c1ccccc1. The maximum atomic E-state index is 12.6. The third kappa shape index (κ3) is 2.56. The van der Waals surface area contributed by atoms with Crippen molar-refractivity contribution in [1.82, 2.24) is 0 Å². The molecule has 1 aliphatic rings. The van der Waals surface area contributed by atoms with Crippen molar-refractivity contribution in [3.63, 3.8) is 0 Å². The molecule has 0 fully saturated rings. The Morgan fingerprint density at radius 2 is 1.75 bits per heavy atom. The van der Waals surface area contributed by atoms with Gasteiger partial charge in [0.25, 0.3) is 0 Å². The number of Topliss-reactive ketones (excluding diaryl/α,β-unsaturated/α-hetero) is 1. The van der Waals surface area contributed by atoms with Crippen molar-refractivity contribution in [1.29, 1.82) is 0 Å². The monoisotopic (exact) mass is 328 g/mol. The molecule has 2 aromatic carbocycles. The standard InChI is InChI=1S/C16H13BrN2O/c17-13-8-6-12(7-9-13)16(20)15-14(10-18-19-15)11-4-2-1-3-5-11/h1-9,14-15H,10H2. The molecule has 1 aliphatic heterocycles. The van der Waals surface area contributed by atoms with E-state index >= 15 is 0 Å². The van der Waals surface area contributed by atoms with Crippen molar-refractivity contribution in [2.45, 2.75) is 12.0 Å². The first kappa shape index (κ1) is 13.2. The summed E-state index contributed by atoms with van der Waals surface area (Å²) in [5.74, 6) is 0.0833. The van der Waals surface area contributed by atoms with Crippen molar-refractivity contribution in [3.8, 4) is 0 Å². The first-order valence-electron chi connectivity index (χ1n) is 6.47. The van der Waals surface area contributed by atoms with Crippen molar-refractivity contribution < 1.29 is 4.79 Å². The highest BCUT2D eigenvalue weighted by molar-refractivity contribution is 9.10. The van der Waals surface area contributed by atoms with E-state index < -0.39 is 6.04 Å². The Labute approximate surface area is 125 Å². The number of hydrogen-bond donors (Lipinski definition) is 0. The number of azo groups is 1. The third-order valence-electron chi connectivity index (χ3n) is 3.49. The van der Waals surface area contributed by atoms with Crippen LogP contribution in [0.2, 0.25) is 0 Å². The lowest BCUT2D eigenvalue weighted by molar-refractivity contribution is 0.0956. The summed E-state index contributed by atoms with van der Waals surface area (Å²) in [7, 11) is 0. The zero-order valence-corrected chi connectivity index (χ0v) is 12.3. The number of carbonyl (C=O) groups excluding carboxylic acids is 1. The minimum Gasteiger partial charge on any atom is -0.292 e. The molecule has 0 amide bonds. The quantitative estimate of drug-likeness (QED) is 0.776. The smallest absolute Gasteiger partial charge is 0.189 e. The number of nitrogens with zero attached hydrogens (tertiary/aromatic N) is 2. The van der Waals surface area contributed by atoms with Crippen LogP contribution in [-0.2, 0) is 0 Å². The van der Waals surface area contributed by atoms with E-state index in [9.17, 15) is 4.79 Å². The van der Waals surface area contributed by atoms with Crippen molar-refractivity contribution in [2.75, 3.05) is 6.54 Å². The van der Waals surface area contributed by atoms with Crippen LogP contribution in [-0.4, -0.2) is 18.4 Å². The molecule has 0 saturated heterocycles. The van der Waals surface area contributed by atoms with Gasteiger partial charge in [0.2, 0.25) is 0 Å². The van der Waals surface area contributed by atoms with Gasteiger partial charge < -0.3 is 0 Å². The Hall–Kier alpha value is -1.81. The third-order valence-corrected chi connectivity index (χ3v) is 4.02. The van der Waals surface area contributed by atoms with Gasteiger partial charge in [0, 0.05) is 16.0 Å². The largest absolute Gasteiger partial charge is 0.292 e. The minimum atomic E-state index is -0.404. The normalized spacial score (nSPS) is 21.1. The molecule has 2 atom stereocenters. The number of carbonyl (C=O) groups is 1. The molecule has 0 N–H and O–H groups in total. The summed E-state index contributed by atoms with van der Waals surface area (Å²) in [6.45, 7) is 0.580. The average molecular weight is 329 g/mol. The van der Waals surface area contributed by atoms with E-state index in [1.54, 1.807) is 0 Å². The van der Waals surface area contributed by atoms with Crippen LogP contribution in [0.4, 0.5) is 0 Å². The molecule has 0 spiro atoms. The Kier molecular flexibility index (Phi) is 3.74. The highest BCUT2D eigenvalue weighted by Gasteiger charge is 2.33. The van der Waals surface area contributed by atoms with E-state index in [2.05, 4.69) is 26.2 Å². The van der Waals surface area contributed by atoms with Gasteiger partial charge in [-0.05, 0) is 17.7 Å². The lowest BCUT2D eigenvalue weighted by Gasteiger charge is -2.15. The predicted molar refractivity (Wildman–Crippen MR) is 81.2 cm³/mol. The van der Waals surface area contributed by atoms with Crippen LogP contribution in [0.3, 0.4) is 0 Å². The first-order chi connectivity index (χ1) is 9.75. The molecule has 3 nitrogen and oxygen atoms in total. The van der Waals surface area contributed by atoms with Crippen LogP contribution < -0.4 is 0 Å². The van der Waals surface area contributed by atoms with Gasteiger partial charge in [0.15, 0.2) is 5.78 Å². The van der Waals surface area contributed by atoms with E-state index in [0.717, 1.165) is 10.0 Å². The summed E-state index contributed by atoms with van der Waals surface area (Å²) in [6, 6.07) is 17.0. The summed E-state index contributed by atoms with van der Waals surface area (Å²) in [5.41, 5.74) is 1.80. The lowest BCUT2D eigenvalue weighted by atomic mass is 9.88. The Morgan fingerprint density at radius 1 is 1.05 bits per heavy atom. The summed E-state index contributed by atoms with van der Waals surface area (Å²) >= 11 is 3.37. The van der Waals surface area contributed by atoms with Gasteiger partial charge in [-0.2, -0.15) is 10.2 Å². The van der Waals surface area contributed by atoms with Crippen molar-refractivity contribution in [2.24, 2.45) is 10.2 Å². The molecule has 0 aliphatic carbocycles. The molecule has 0 radical (unpaired) electrons. The number of rotatable bonds is 3.